The van der Waals surface area contributed by atoms with E-state index in [0.29, 0.717) is 35.7 Å². The number of aryl methyl sites for hydroxylation is 1. The number of nitrogens with zero attached hydrogens (tertiary/aromatic N) is 6. The maximum atomic E-state index is 15.9. The summed E-state index contributed by atoms with van der Waals surface area (Å²) in [5, 5.41) is 10.8. The minimum Gasteiger partial charge on any atom is -0.507 e. The van der Waals surface area contributed by atoms with Crippen LogP contribution in [0.4, 0.5) is 14.6 Å². The number of benzene rings is 1. The zero-order valence-corrected chi connectivity index (χ0v) is 24.2. The van der Waals surface area contributed by atoms with Crippen LogP contribution >= 0.6 is 0 Å². The number of phenols is 1. The smallest absolute Gasteiger partial charge is 0.355 e. The molecule has 2 saturated heterocycles. The number of halogens is 2. The van der Waals surface area contributed by atoms with E-state index in [2.05, 4.69) is 33.4 Å². The minimum absolute atomic E-state index is 0.0480. The summed E-state index contributed by atoms with van der Waals surface area (Å²) in [6.07, 6.45) is 3.54. The molecule has 0 radical (unpaired) electrons. The van der Waals surface area contributed by atoms with Crippen LogP contribution in [0.3, 0.4) is 0 Å². The number of piperidine rings is 1. The van der Waals surface area contributed by atoms with E-state index in [1.54, 1.807) is 12.3 Å². The molecule has 0 amide bonds. The van der Waals surface area contributed by atoms with E-state index in [-0.39, 0.29) is 34.9 Å². The molecule has 4 aromatic rings. The second-order valence-electron chi connectivity index (χ2n) is 11.6. The first-order valence-electron chi connectivity index (χ1n) is 14.3. The van der Waals surface area contributed by atoms with Gasteiger partial charge in [-0.3, -0.25) is 9.88 Å². The lowest BCUT2D eigenvalue weighted by atomic mass is 9.91. The van der Waals surface area contributed by atoms with Crippen molar-refractivity contribution in [2.75, 3.05) is 24.5 Å². The van der Waals surface area contributed by atoms with Gasteiger partial charge in [0.25, 0.3) is 0 Å². The lowest BCUT2D eigenvalue weighted by molar-refractivity contribution is 0.114. The molecule has 6 rings (SSSR count). The second kappa shape index (κ2) is 10.6. The second-order valence-corrected chi connectivity index (χ2v) is 11.6. The fraction of sp³-hybridized carbons (Fsp3) is 0.375. The Labute approximate surface area is 243 Å². The number of rotatable bonds is 4. The SMILES string of the molecule is C=C1CCC2CN(c3nc(=O)n(-c4c(C)ccnc4C(C)C)c4nc(-c5c(O)cccc5F)c(F)cc34)CCN2C1C. The average Bonchev–Trinajstić information content (AvgIpc) is 2.95. The van der Waals surface area contributed by atoms with Crippen molar-refractivity contribution < 1.29 is 13.9 Å². The van der Waals surface area contributed by atoms with Crippen molar-refractivity contribution in [2.24, 2.45) is 0 Å². The molecule has 8 nitrogen and oxygen atoms in total. The molecule has 0 saturated carbocycles. The minimum atomic E-state index is -0.829. The van der Waals surface area contributed by atoms with E-state index >= 15 is 4.39 Å². The molecule has 0 aliphatic carbocycles. The van der Waals surface area contributed by atoms with Gasteiger partial charge in [-0.15, -0.1) is 0 Å². The molecule has 1 N–H and O–H groups in total. The number of anilines is 1. The molecule has 3 aromatic heterocycles. The van der Waals surface area contributed by atoms with Crippen LogP contribution in [0.1, 0.15) is 50.8 Å². The van der Waals surface area contributed by atoms with E-state index < -0.39 is 23.1 Å². The largest absolute Gasteiger partial charge is 0.507 e. The van der Waals surface area contributed by atoms with Crippen molar-refractivity contribution >= 4 is 16.9 Å². The van der Waals surface area contributed by atoms with Gasteiger partial charge in [0.05, 0.1) is 22.3 Å². The molecule has 2 fully saturated rings. The fourth-order valence-electron chi connectivity index (χ4n) is 6.38. The highest BCUT2D eigenvalue weighted by molar-refractivity contribution is 5.91. The summed E-state index contributed by atoms with van der Waals surface area (Å²) in [7, 11) is 0. The van der Waals surface area contributed by atoms with Crippen LogP contribution in [0.15, 0.2) is 53.5 Å². The van der Waals surface area contributed by atoms with Gasteiger partial charge in [-0.05, 0) is 62.4 Å². The lowest BCUT2D eigenvalue weighted by Crippen LogP contribution is -2.58. The van der Waals surface area contributed by atoms with Crippen molar-refractivity contribution in [1.29, 1.82) is 0 Å². The predicted molar refractivity (Wildman–Crippen MR) is 159 cm³/mol. The molecule has 0 spiro atoms. The van der Waals surface area contributed by atoms with Crippen LogP contribution in [-0.4, -0.2) is 61.2 Å². The first-order chi connectivity index (χ1) is 20.1. The zero-order valence-electron chi connectivity index (χ0n) is 24.2. The van der Waals surface area contributed by atoms with Gasteiger partial charge in [0.15, 0.2) is 11.5 Å². The average molecular weight is 573 g/mol. The Kier molecular flexibility index (Phi) is 7.04. The van der Waals surface area contributed by atoms with Crippen molar-refractivity contribution in [3.63, 3.8) is 0 Å². The number of pyridine rings is 2. The van der Waals surface area contributed by atoms with Gasteiger partial charge >= 0.3 is 5.69 Å². The van der Waals surface area contributed by atoms with Crippen LogP contribution < -0.4 is 10.6 Å². The third-order valence-electron chi connectivity index (χ3n) is 8.67. The molecule has 2 unspecified atom stereocenters. The first kappa shape index (κ1) is 28.0. The topological polar surface area (TPSA) is 87.4 Å². The first-order valence-corrected chi connectivity index (χ1v) is 14.3. The molecule has 2 aliphatic rings. The Morgan fingerprint density at radius 3 is 2.64 bits per heavy atom. The highest BCUT2D eigenvalue weighted by Gasteiger charge is 2.36. The van der Waals surface area contributed by atoms with Crippen LogP contribution in [0.5, 0.6) is 5.75 Å². The molecule has 5 heterocycles. The van der Waals surface area contributed by atoms with Gasteiger partial charge in [0.2, 0.25) is 0 Å². The molecule has 2 atom stereocenters. The summed E-state index contributed by atoms with van der Waals surface area (Å²) in [5.74, 6) is -1.81. The lowest BCUT2D eigenvalue weighted by Gasteiger charge is -2.48. The van der Waals surface area contributed by atoms with E-state index in [0.717, 1.165) is 31.0 Å². The summed E-state index contributed by atoms with van der Waals surface area (Å²) in [6, 6.07) is 7.28. The highest BCUT2D eigenvalue weighted by atomic mass is 19.1. The summed E-state index contributed by atoms with van der Waals surface area (Å²) in [5.41, 5.74) is 1.91. The van der Waals surface area contributed by atoms with Gasteiger partial charge in [-0.25, -0.2) is 23.1 Å². The number of piperazine rings is 1. The molecular formula is C32H34F2N6O2. The number of fused-ring (bicyclic) bond motifs is 2. The monoisotopic (exact) mass is 572 g/mol. The third kappa shape index (κ3) is 4.54. The molecule has 2 aliphatic heterocycles. The fourth-order valence-corrected chi connectivity index (χ4v) is 6.38. The number of phenolic OH excluding ortho intramolecular Hbond substituents is 1. The number of aromatic nitrogens is 4. The zero-order chi connectivity index (χ0) is 29.9. The van der Waals surface area contributed by atoms with Crippen LogP contribution in [0.25, 0.3) is 28.0 Å². The Balaban J connectivity index is 1.61. The molecular weight excluding hydrogens is 538 g/mol. The summed E-state index contributed by atoms with van der Waals surface area (Å²) in [4.78, 5) is 32.1. The Morgan fingerprint density at radius 2 is 1.90 bits per heavy atom. The predicted octanol–water partition coefficient (Wildman–Crippen LogP) is 5.49. The van der Waals surface area contributed by atoms with E-state index in [9.17, 15) is 14.3 Å². The standard InChI is InChI=1S/C32H34F2N6O2/c1-17(2)27-29(19(4)11-12-35-27)40-31-22(15-24(34)28(36-31)26-23(33)7-6-8-25(26)41)30(37-32(40)42)38-13-14-39-20(5)18(3)9-10-21(39)16-38/h6-8,11-12,15,17,20-21,41H,3,9-10,13-14,16H2,1-2,4-5H3. The van der Waals surface area contributed by atoms with Crippen LogP contribution in [0.2, 0.25) is 0 Å². The van der Waals surface area contributed by atoms with E-state index in [1.807, 2.05) is 25.7 Å². The molecule has 218 valence electrons. The number of hydrogen-bond donors (Lipinski definition) is 1. The van der Waals surface area contributed by atoms with Crippen molar-refractivity contribution in [3.8, 4) is 22.7 Å². The Bertz CT molecular complexity index is 1770. The molecule has 0 bridgehead atoms. The Hall–Kier alpha value is -4.18. The van der Waals surface area contributed by atoms with Gasteiger partial charge in [0.1, 0.15) is 23.1 Å². The Morgan fingerprint density at radius 1 is 1.12 bits per heavy atom. The van der Waals surface area contributed by atoms with Gasteiger partial charge in [-0.1, -0.05) is 32.1 Å². The van der Waals surface area contributed by atoms with Crippen molar-refractivity contribution in [1.82, 2.24) is 24.4 Å². The normalized spacial score (nSPS) is 19.5. The van der Waals surface area contributed by atoms with Crippen LogP contribution in [-0.2, 0) is 0 Å². The summed E-state index contributed by atoms with van der Waals surface area (Å²) in [6.45, 7) is 14.1. The van der Waals surface area contributed by atoms with Gasteiger partial charge in [0, 0.05) is 37.9 Å². The molecule has 42 heavy (non-hydrogen) atoms. The quantitative estimate of drug-likeness (QED) is 0.324. The maximum absolute atomic E-state index is 15.9. The van der Waals surface area contributed by atoms with E-state index in [4.69, 9.17) is 0 Å². The molecule has 1 aromatic carbocycles. The van der Waals surface area contributed by atoms with E-state index in [1.165, 1.54) is 28.3 Å². The van der Waals surface area contributed by atoms with Gasteiger partial charge < -0.3 is 10.0 Å². The maximum Gasteiger partial charge on any atom is 0.355 e. The number of aromatic hydroxyl groups is 1. The molecule has 10 heteroatoms. The van der Waals surface area contributed by atoms with Crippen molar-refractivity contribution in [3.05, 3.63) is 82.1 Å². The van der Waals surface area contributed by atoms with Crippen LogP contribution in [0, 0.1) is 18.6 Å². The highest BCUT2D eigenvalue weighted by Crippen LogP contribution is 2.37. The summed E-state index contributed by atoms with van der Waals surface area (Å²) < 4.78 is 32.2. The summed E-state index contributed by atoms with van der Waals surface area (Å²) >= 11 is 0. The van der Waals surface area contributed by atoms with Gasteiger partial charge in [-0.2, -0.15) is 4.98 Å². The van der Waals surface area contributed by atoms with Crippen molar-refractivity contribution in [2.45, 2.75) is 58.5 Å². The third-order valence-corrected chi connectivity index (χ3v) is 8.67. The number of hydrogen-bond acceptors (Lipinski definition) is 7.